The number of nitrogens with one attached hydrogen (secondary N) is 1. The maximum absolute atomic E-state index is 14.0. The molecule has 2 heterocycles. The van der Waals surface area contributed by atoms with Gasteiger partial charge in [-0.05, 0) is 30.8 Å². The van der Waals surface area contributed by atoms with Crippen LogP contribution in [0.2, 0.25) is 0 Å². The number of hydrogen-bond acceptors (Lipinski definition) is 3. The van der Waals surface area contributed by atoms with Gasteiger partial charge in [0.2, 0.25) is 0 Å². The van der Waals surface area contributed by atoms with Crippen molar-refractivity contribution in [1.82, 2.24) is 15.3 Å². The molecule has 1 aromatic carbocycles. The maximum atomic E-state index is 14.0. The van der Waals surface area contributed by atoms with Gasteiger partial charge in [0.25, 0.3) is 0 Å². The summed E-state index contributed by atoms with van der Waals surface area (Å²) in [6.07, 6.45) is 4.60. The van der Waals surface area contributed by atoms with Crippen LogP contribution in [0.1, 0.15) is 17.2 Å². The molecule has 3 nitrogen and oxygen atoms in total. The highest BCUT2D eigenvalue weighted by Gasteiger charge is 2.18. The van der Waals surface area contributed by atoms with Crippen molar-refractivity contribution in [2.75, 3.05) is 7.05 Å². The quantitative estimate of drug-likeness (QED) is 0.792. The lowest BCUT2D eigenvalue weighted by molar-refractivity contribution is 0.572. The van der Waals surface area contributed by atoms with Crippen LogP contribution in [0, 0.1) is 5.82 Å². The fraction of sp³-hybridized carbons (Fsp3) is 0.125. The van der Waals surface area contributed by atoms with Crippen LogP contribution >= 0.6 is 0 Å². The Morgan fingerprint density at radius 3 is 2.75 bits per heavy atom. The predicted molar refractivity (Wildman–Crippen MR) is 76.8 cm³/mol. The normalized spacial score (nSPS) is 12.5. The zero-order valence-corrected chi connectivity index (χ0v) is 11.0. The van der Waals surface area contributed by atoms with Gasteiger partial charge in [-0.3, -0.25) is 9.97 Å². The Bertz CT molecular complexity index is 737. The van der Waals surface area contributed by atoms with Crippen molar-refractivity contribution in [3.63, 3.8) is 0 Å². The lowest BCUT2D eigenvalue weighted by atomic mass is 9.95. The largest absolute Gasteiger partial charge is 0.309 e. The van der Waals surface area contributed by atoms with E-state index in [1.165, 1.54) is 6.20 Å². The summed E-state index contributed by atoms with van der Waals surface area (Å²) in [5.74, 6) is -0.312. The van der Waals surface area contributed by atoms with Crippen LogP contribution in [-0.4, -0.2) is 17.0 Å². The minimum atomic E-state index is -0.312. The Balaban J connectivity index is 2.20. The highest BCUT2D eigenvalue weighted by atomic mass is 19.1. The van der Waals surface area contributed by atoms with E-state index in [-0.39, 0.29) is 11.9 Å². The van der Waals surface area contributed by atoms with Gasteiger partial charge in [0.1, 0.15) is 5.82 Å². The van der Waals surface area contributed by atoms with Gasteiger partial charge in [-0.1, -0.05) is 18.2 Å². The molecular weight excluding hydrogens is 253 g/mol. The van der Waals surface area contributed by atoms with E-state index in [0.29, 0.717) is 5.56 Å². The first-order valence-corrected chi connectivity index (χ1v) is 6.41. The summed E-state index contributed by atoms with van der Waals surface area (Å²) < 4.78 is 14.0. The van der Waals surface area contributed by atoms with E-state index in [9.17, 15) is 4.39 Å². The predicted octanol–water partition coefficient (Wildman–Crippen LogP) is 3.08. The van der Waals surface area contributed by atoms with Gasteiger partial charge in [-0.15, -0.1) is 0 Å². The first-order chi connectivity index (χ1) is 9.81. The first kappa shape index (κ1) is 12.7. The molecule has 1 N–H and O–H groups in total. The van der Waals surface area contributed by atoms with Crippen molar-refractivity contribution >= 4 is 10.9 Å². The molecule has 3 rings (SSSR count). The Kier molecular flexibility index (Phi) is 3.39. The SMILES string of the molecule is CNC(c1ccncc1F)c1cccc2ncccc12. The standard InChI is InChI=1S/C16H14FN3/c1-18-16(13-7-9-19-10-14(13)17)12-4-2-6-15-11(12)5-3-8-20-15/h2-10,16,18H,1H3. The number of nitrogens with zero attached hydrogens (tertiary/aromatic N) is 2. The average Bonchev–Trinajstić information content (AvgIpc) is 2.50. The molecule has 3 aromatic rings. The summed E-state index contributed by atoms with van der Waals surface area (Å²) in [6, 6.07) is 11.2. The van der Waals surface area contributed by atoms with Crippen molar-refractivity contribution in [2.24, 2.45) is 0 Å². The highest BCUT2D eigenvalue weighted by Crippen LogP contribution is 2.28. The minimum absolute atomic E-state index is 0.231. The number of pyridine rings is 2. The van der Waals surface area contributed by atoms with E-state index in [2.05, 4.69) is 15.3 Å². The van der Waals surface area contributed by atoms with Crippen LogP contribution in [0.3, 0.4) is 0 Å². The molecule has 0 saturated heterocycles. The summed E-state index contributed by atoms with van der Waals surface area (Å²) in [7, 11) is 1.82. The Hall–Kier alpha value is -2.33. The highest BCUT2D eigenvalue weighted by molar-refractivity contribution is 5.82. The molecule has 2 aromatic heterocycles. The average molecular weight is 267 g/mol. The topological polar surface area (TPSA) is 37.8 Å². The van der Waals surface area contributed by atoms with Gasteiger partial charge in [0.15, 0.2) is 0 Å². The molecule has 20 heavy (non-hydrogen) atoms. The van der Waals surface area contributed by atoms with Gasteiger partial charge in [0.05, 0.1) is 17.8 Å². The summed E-state index contributed by atoms with van der Waals surface area (Å²) in [6.45, 7) is 0. The molecule has 1 atom stereocenters. The molecule has 0 bridgehead atoms. The lowest BCUT2D eigenvalue weighted by Gasteiger charge is -2.19. The van der Waals surface area contributed by atoms with Crippen molar-refractivity contribution in [3.8, 4) is 0 Å². The van der Waals surface area contributed by atoms with Crippen LogP contribution < -0.4 is 5.32 Å². The zero-order valence-electron chi connectivity index (χ0n) is 11.0. The third kappa shape index (κ3) is 2.14. The fourth-order valence-electron chi connectivity index (χ4n) is 2.48. The van der Waals surface area contributed by atoms with E-state index in [1.807, 2.05) is 37.4 Å². The zero-order chi connectivity index (χ0) is 13.9. The molecule has 1 unspecified atom stereocenters. The Morgan fingerprint density at radius 2 is 1.95 bits per heavy atom. The van der Waals surface area contributed by atoms with Crippen LogP contribution in [0.5, 0.6) is 0 Å². The van der Waals surface area contributed by atoms with Gasteiger partial charge < -0.3 is 5.32 Å². The van der Waals surface area contributed by atoms with Gasteiger partial charge >= 0.3 is 0 Å². The molecular formula is C16H14FN3. The third-order valence-corrected chi connectivity index (χ3v) is 3.39. The van der Waals surface area contributed by atoms with E-state index < -0.39 is 0 Å². The second-order valence-corrected chi connectivity index (χ2v) is 4.54. The van der Waals surface area contributed by atoms with Gasteiger partial charge in [0, 0.05) is 23.3 Å². The van der Waals surface area contributed by atoms with Gasteiger partial charge in [-0.25, -0.2) is 4.39 Å². The van der Waals surface area contributed by atoms with E-state index >= 15 is 0 Å². The van der Waals surface area contributed by atoms with E-state index in [1.54, 1.807) is 18.5 Å². The second kappa shape index (κ2) is 5.35. The number of fused-ring (bicyclic) bond motifs is 1. The molecule has 0 spiro atoms. The monoisotopic (exact) mass is 267 g/mol. The van der Waals surface area contributed by atoms with Crippen molar-refractivity contribution in [3.05, 3.63) is 71.9 Å². The molecule has 100 valence electrons. The number of aromatic nitrogens is 2. The molecule has 0 aliphatic rings. The maximum Gasteiger partial charge on any atom is 0.146 e. The first-order valence-electron chi connectivity index (χ1n) is 6.41. The molecule has 0 aliphatic carbocycles. The van der Waals surface area contributed by atoms with Crippen molar-refractivity contribution in [1.29, 1.82) is 0 Å². The summed E-state index contributed by atoms with van der Waals surface area (Å²) in [5, 5.41) is 4.19. The van der Waals surface area contributed by atoms with Crippen LogP contribution in [0.15, 0.2) is 55.0 Å². The second-order valence-electron chi connectivity index (χ2n) is 4.54. The molecule has 0 amide bonds. The molecule has 0 fully saturated rings. The van der Waals surface area contributed by atoms with E-state index in [0.717, 1.165) is 16.5 Å². The van der Waals surface area contributed by atoms with Crippen molar-refractivity contribution < 1.29 is 4.39 Å². The molecule has 0 radical (unpaired) electrons. The molecule has 0 saturated carbocycles. The van der Waals surface area contributed by atoms with Crippen LogP contribution in [-0.2, 0) is 0 Å². The summed E-state index contributed by atoms with van der Waals surface area (Å²) in [4.78, 5) is 8.14. The third-order valence-electron chi connectivity index (χ3n) is 3.39. The lowest BCUT2D eigenvalue weighted by Crippen LogP contribution is -2.19. The van der Waals surface area contributed by atoms with E-state index in [4.69, 9.17) is 0 Å². The van der Waals surface area contributed by atoms with Crippen molar-refractivity contribution in [2.45, 2.75) is 6.04 Å². The van der Waals surface area contributed by atoms with Gasteiger partial charge in [-0.2, -0.15) is 0 Å². The van der Waals surface area contributed by atoms with Crippen LogP contribution in [0.25, 0.3) is 10.9 Å². The smallest absolute Gasteiger partial charge is 0.146 e. The number of benzene rings is 1. The fourth-order valence-corrected chi connectivity index (χ4v) is 2.48. The number of halogens is 1. The number of rotatable bonds is 3. The van der Waals surface area contributed by atoms with Crippen LogP contribution in [0.4, 0.5) is 4.39 Å². The summed E-state index contributed by atoms with van der Waals surface area (Å²) >= 11 is 0. The Morgan fingerprint density at radius 1 is 1.05 bits per heavy atom. The summed E-state index contributed by atoms with van der Waals surface area (Å²) in [5.41, 5.74) is 2.49. The molecule has 4 heteroatoms. The minimum Gasteiger partial charge on any atom is -0.309 e. The Labute approximate surface area is 116 Å². The number of hydrogen-bond donors (Lipinski definition) is 1. The molecule has 0 aliphatic heterocycles.